The molecule has 1 fully saturated rings. The van der Waals surface area contributed by atoms with Crippen LogP contribution in [0.4, 0.5) is 5.69 Å². The zero-order valence-electron chi connectivity index (χ0n) is 15.4. The molecule has 1 heterocycles. The van der Waals surface area contributed by atoms with Crippen LogP contribution in [0, 0.1) is 0 Å². The Morgan fingerprint density at radius 2 is 1.52 bits per heavy atom. The molecular weight excluding hydrogens is 360 g/mol. The van der Waals surface area contributed by atoms with E-state index in [1.807, 2.05) is 30.3 Å². The molecule has 1 N–H and O–H groups in total. The number of amides is 1. The third-order valence-electron chi connectivity index (χ3n) is 4.82. The average molecular weight is 387 g/mol. The number of hydrogen-bond donors (Lipinski definition) is 1. The molecule has 0 radical (unpaired) electrons. The summed E-state index contributed by atoms with van der Waals surface area (Å²) in [5, 5.41) is 2.86. The Morgan fingerprint density at radius 3 is 2.15 bits per heavy atom. The van der Waals surface area contributed by atoms with Crippen LogP contribution < -0.4 is 5.32 Å². The molecule has 2 aromatic rings. The maximum Gasteiger partial charge on any atom is 0.243 e. The average Bonchev–Trinajstić information content (AvgIpc) is 2.98. The lowest BCUT2D eigenvalue weighted by Crippen LogP contribution is -2.31. The van der Waals surface area contributed by atoms with Crippen LogP contribution in [0.3, 0.4) is 0 Å². The number of para-hydroxylation sites is 1. The lowest BCUT2D eigenvalue weighted by Gasteiger charge is -2.20. The number of anilines is 1. The molecule has 1 aliphatic heterocycles. The zero-order chi connectivity index (χ0) is 19.1. The highest BCUT2D eigenvalue weighted by molar-refractivity contribution is 7.89. The fraction of sp³-hybridized carbons (Fsp3) is 0.381. The van der Waals surface area contributed by atoms with Crippen molar-refractivity contribution in [2.45, 2.75) is 43.4 Å². The number of hydrogen-bond acceptors (Lipinski definition) is 3. The summed E-state index contributed by atoms with van der Waals surface area (Å²) >= 11 is 0. The highest BCUT2D eigenvalue weighted by Gasteiger charge is 2.24. The van der Waals surface area contributed by atoms with E-state index in [1.54, 1.807) is 28.6 Å². The van der Waals surface area contributed by atoms with Crippen molar-refractivity contribution in [3.63, 3.8) is 0 Å². The number of nitrogens with zero attached hydrogens (tertiary/aromatic N) is 1. The summed E-state index contributed by atoms with van der Waals surface area (Å²) in [5.74, 6) is -0.0533. The van der Waals surface area contributed by atoms with Gasteiger partial charge in [0.1, 0.15) is 0 Å². The lowest BCUT2D eigenvalue weighted by atomic mass is 10.1. The SMILES string of the molecule is O=C(CCc1ccc(S(=O)(=O)N2CCCCCC2)cc1)Nc1ccccc1. The van der Waals surface area contributed by atoms with Gasteiger partial charge >= 0.3 is 0 Å². The van der Waals surface area contributed by atoms with Crippen LogP contribution in [-0.2, 0) is 21.2 Å². The molecule has 1 amide bonds. The number of aryl methyl sites for hydroxylation is 1. The van der Waals surface area contributed by atoms with Gasteiger partial charge in [0.15, 0.2) is 0 Å². The van der Waals surface area contributed by atoms with E-state index in [0.717, 1.165) is 36.9 Å². The minimum Gasteiger partial charge on any atom is -0.326 e. The van der Waals surface area contributed by atoms with Crippen molar-refractivity contribution in [2.75, 3.05) is 18.4 Å². The highest BCUT2D eigenvalue weighted by atomic mass is 32.2. The Labute approximate surface area is 161 Å². The quantitative estimate of drug-likeness (QED) is 0.821. The Kier molecular flexibility index (Phi) is 6.63. The first-order valence-corrected chi connectivity index (χ1v) is 10.9. The summed E-state index contributed by atoms with van der Waals surface area (Å²) < 4.78 is 27.2. The third kappa shape index (κ3) is 5.40. The van der Waals surface area contributed by atoms with Gasteiger partial charge in [-0.1, -0.05) is 43.2 Å². The predicted molar refractivity (Wildman–Crippen MR) is 107 cm³/mol. The van der Waals surface area contributed by atoms with Gasteiger partial charge in [-0.3, -0.25) is 4.79 Å². The largest absolute Gasteiger partial charge is 0.326 e. The summed E-state index contributed by atoms with van der Waals surface area (Å²) in [6, 6.07) is 16.3. The van der Waals surface area contributed by atoms with Crippen LogP contribution in [0.15, 0.2) is 59.5 Å². The van der Waals surface area contributed by atoms with Crippen molar-refractivity contribution < 1.29 is 13.2 Å². The van der Waals surface area contributed by atoms with Crippen LogP contribution in [-0.4, -0.2) is 31.7 Å². The molecule has 144 valence electrons. The van der Waals surface area contributed by atoms with Crippen molar-refractivity contribution in [3.8, 4) is 0 Å². The van der Waals surface area contributed by atoms with Crippen LogP contribution >= 0.6 is 0 Å². The van der Waals surface area contributed by atoms with Gasteiger partial charge in [-0.05, 0) is 49.1 Å². The van der Waals surface area contributed by atoms with E-state index in [-0.39, 0.29) is 5.91 Å². The Balaban J connectivity index is 1.57. The molecule has 2 aromatic carbocycles. The summed E-state index contributed by atoms with van der Waals surface area (Å²) in [6.07, 6.45) is 4.96. The van der Waals surface area contributed by atoms with Crippen molar-refractivity contribution in [1.29, 1.82) is 0 Å². The molecule has 0 spiro atoms. The molecular formula is C21H26N2O3S. The van der Waals surface area contributed by atoms with Crippen molar-refractivity contribution >= 4 is 21.6 Å². The second kappa shape index (κ2) is 9.15. The van der Waals surface area contributed by atoms with E-state index >= 15 is 0 Å². The van der Waals surface area contributed by atoms with Gasteiger partial charge in [0, 0.05) is 25.2 Å². The van der Waals surface area contributed by atoms with E-state index in [4.69, 9.17) is 0 Å². The summed E-state index contributed by atoms with van der Waals surface area (Å²) in [4.78, 5) is 12.4. The first-order chi connectivity index (χ1) is 13.1. The van der Waals surface area contributed by atoms with Crippen LogP contribution in [0.5, 0.6) is 0 Å². The van der Waals surface area contributed by atoms with Crippen LogP contribution in [0.25, 0.3) is 0 Å². The Bertz CT molecular complexity index is 841. The third-order valence-corrected chi connectivity index (χ3v) is 6.74. The van der Waals surface area contributed by atoms with Crippen LogP contribution in [0.1, 0.15) is 37.7 Å². The van der Waals surface area contributed by atoms with Gasteiger partial charge in [0.25, 0.3) is 0 Å². The summed E-state index contributed by atoms with van der Waals surface area (Å²) in [5.41, 5.74) is 1.73. The number of carbonyl (C=O) groups excluding carboxylic acids is 1. The molecule has 0 atom stereocenters. The first kappa shape index (κ1) is 19.6. The molecule has 0 aliphatic carbocycles. The molecule has 1 aliphatic rings. The number of benzene rings is 2. The molecule has 0 aromatic heterocycles. The van der Waals surface area contributed by atoms with Gasteiger partial charge in [-0.2, -0.15) is 4.31 Å². The minimum absolute atomic E-state index is 0.0533. The van der Waals surface area contributed by atoms with Gasteiger partial charge in [0.2, 0.25) is 15.9 Å². The smallest absolute Gasteiger partial charge is 0.243 e. The fourth-order valence-corrected chi connectivity index (χ4v) is 4.78. The normalized spacial score (nSPS) is 15.9. The second-order valence-electron chi connectivity index (χ2n) is 6.88. The van der Waals surface area contributed by atoms with Gasteiger partial charge in [0.05, 0.1) is 4.90 Å². The molecule has 6 heteroatoms. The lowest BCUT2D eigenvalue weighted by molar-refractivity contribution is -0.116. The standard InChI is InChI=1S/C21H26N2O3S/c24-21(22-19-8-4-3-5-9-19)15-12-18-10-13-20(14-11-18)27(25,26)23-16-6-1-2-7-17-23/h3-5,8-11,13-14H,1-2,6-7,12,15-17H2,(H,22,24). The Morgan fingerprint density at radius 1 is 0.889 bits per heavy atom. The number of rotatable bonds is 6. The predicted octanol–water partition coefficient (Wildman–Crippen LogP) is 3.82. The zero-order valence-corrected chi connectivity index (χ0v) is 16.2. The molecule has 0 saturated carbocycles. The topological polar surface area (TPSA) is 66.5 Å². The van der Waals surface area contributed by atoms with E-state index in [1.165, 1.54) is 0 Å². The molecule has 27 heavy (non-hydrogen) atoms. The van der Waals surface area contributed by atoms with E-state index < -0.39 is 10.0 Å². The Hall–Kier alpha value is -2.18. The molecule has 0 unspecified atom stereocenters. The molecule has 0 bridgehead atoms. The van der Waals surface area contributed by atoms with E-state index in [0.29, 0.717) is 30.8 Å². The van der Waals surface area contributed by atoms with Gasteiger partial charge < -0.3 is 5.32 Å². The maximum atomic E-state index is 12.8. The van der Waals surface area contributed by atoms with Gasteiger partial charge in [-0.25, -0.2) is 8.42 Å². The van der Waals surface area contributed by atoms with Gasteiger partial charge in [-0.15, -0.1) is 0 Å². The first-order valence-electron chi connectivity index (χ1n) is 9.50. The van der Waals surface area contributed by atoms with Crippen molar-refractivity contribution in [3.05, 3.63) is 60.2 Å². The second-order valence-corrected chi connectivity index (χ2v) is 8.81. The minimum atomic E-state index is -3.42. The number of carbonyl (C=O) groups is 1. The molecule has 3 rings (SSSR count). The van der Waals surface area contributed by atoms with E-state index in [9.17, 15) is 13.2 Å². The monoisotopic (exact) mass is 386 g/mol. The number of nitrogens with one attached hydrogen (secondary N) is 1. The molecule has 1 saturated heterocycles. The summed E-state index contributed by atoms with van der Waals surface area (Å²) in [7, 11) is -3.42. The molecule has 5 nitrogen and oxygen atoms in total. The number of sulfonamides is 1. The maximum absolute atomic E-state index is 12.8. The summed E-state index contributed by atoms with van der Waals surface area (Å²) in [6.45, 7) is 1.20. The highest BCUT2D eigenvalue weighted by Crippen LogP contribution is 2.21. The van der Waals surface area contributed by atoms with Crippen LogP contribution in [0.2, 0.25) is 0 Å². The van der Waals surface area contributed by atoms with E-state index in [2.05, 4.69) is 5.32 Å². The van der Waals surface area contributed by atoms with Crippen molar-refractivity contribution in [1.82, 2.24) is 4.31 Å². The fourth-order valence-electron chi connectivity index (χ4n) is 3.26. The van der Waals surface area contributed by atoms with Crippen molar-refractivity contribution in [2.24, 2.45) is 0 Å².